The SMILES string of the molecule is CC1(C)Cc2ccc(N3c4cc5c(cc4B4c6cc7c(cc6N(c6ccc8c(c6)C(C)(C)CCC8(C)C)c6cc(N8c9ccccc9C9(C)CCC89C)cc3c64)C(C)(C)CCC7(C)C)CC(C)(C)C5)cc2C1. The van der Waals surface area contributed by atoms with Crippen LogP contribution in [0.15, 0.2) is 97.1 Å². The Kier molecular flexibility index (Phi) is 8.78. The highest BCUT2D eigenvalue weighted by atomic mass is 15.3. The van der Waals surface area contributed by atoms with E-state index in [1.165, 1.54) is 139 Å². The van der Waals surface area contributed by atoms with Crippen LogP contribution in [0.3, 0.4) is 0 Å². The summed E-state index contributed by atoms with van der Waals surface area (Å²) in [6.45, 7) is 35.1. The van der Waals surface area contributed by atoms with Crippen LogP contribution in [0.4, 0.5) is 45.5 Å². The van der Waals surface area contributed by atoms with Crippen molar-refractivity contribution in [3.8, 4) is 0 Å². The first-order valence-corrected chi connectivity index (χ1v) is 28.1. The van der Waals surface area contributed by atoms with E-state index in [1.54, 1.807) is 11.1 Å². The molecule has 1 saturated carbocycles. The van der Waals surface area contributed by atoms with E-state index < -0.39 is 0 Å². The molecule has 8 aliphatic rings. The molecule has 1 fully saturated rings. The summed E-state index contributed by atoms with van der Waals surface area (Å²) < 4.78 is 0. The molecule has 6 aromatic carbocycles. The Morgan fingerprint density at radius 1 is 0.361 bits per heavy atom. The van der Waals surface area contributed by atoms with Crippen LogP contribution >= 0.6 is 0 Å². The molecule has 368 valence electrons. The molecule has 3 nitrogen and oxygen atoms in total. The zero-order valence-electron chi connectivity index (χ0n) is 46.2. The number of benzene rings is 6. The molecular formula is C68H78BN3. The Balaban J connectivity index is 1.12. The zero-order valence-corrected chi connectivity index (χ0v) is 46.2. The Morgan fingerprint density at radius 3 is 1.49 bits per heavy atom. The van der Waals surface area contributed by atoms with Crippen molar-refractivity contribution in [2.45, 2.75) is 194 Å². The first-order chi connectivity index (χ1) is 33.8. The van der Waals surface area contributed by atoms with Crippen molar-refractivity contribution in [3.63, 3.8) is 0 Å². The van der Waals surface area contributed by atoms with Crippen molar-refractivity contribution in [1.82, 2.24) is 0 Å². The Labute approximate surface area is 432 Å². The molecule has 4 heteroatoms. The van der Waals surface area contributed by atoms with Gasteiger partial charge in [-0.3, -0.25) is 0 Å². The summed E-state index contributed by atoms with van der Waals surface area (Å²) in [6.07, 6.45) is 11.6. The third-order valence-corrected chi connectivity index (χ3v) is 21.4. The lowest BCUT2D eigenvalue weighted by Gasteiger charge is -2.56. The number of nitrogens with zero attached hydrogens (tertiary/aromatic N) is 3. The molecule has 0 spiro atoms. The predicted molar refractivity (Wildman–Crippen MR) is 307 cm³/mol. The van der Waals surface area contributed by atoms with Crippen molar-refractivity contribution < 1.29 is 0 Å². The van der Waals surface area contributed by atoms with Crippen LogP contribution in [0.1, 0.15) is 186 Å². The molecule has 5 aliphatic carbocycles. The van der Waals surface area contributed by atoms with Gasteiger partial charge in [-0.1, -0.05) is 132 Å². The summed E-state index contributed by atoms with van der Waals surface area (Å²) in [7, 11) is 0. The van der Waals surface area contributed by atoms with Crippen molar-refractivity contribution in [2.24, 2.45) is 10.8 Å². The summed E-state index contributed by atoms with van der Waals surface area (Å²) in [6, 6.07) is 40.9. The fraction of sp³-hybridized carbons (Fsp3) is 0.471. The van der Waals surface area contributed by atoms with E-state index in [-0.39, 0.29) is 50.2 Å². The highest BCUT2D eigenvalue weighted by Crippen LogP contribution is 2.66. The lowest BCUT2D eigenvalue weighted by molar-refractivity contribution is 0.133. The van der Waals surface area contributed by atoms with E-state index in [4.69, 9.17) is 0 Å². The molecule has 2 unspecified atom stereocenters. The maximum atomic E-state index is 2.81. The van der Waals surface area contributed by atoms with Gasteiger partial charge >= 0.3 is 0 Å². The van der Waals surface area contributed by atoms with Gasteiger partial charge in [0.15, 0.2) is 0 Å². The Morgan fingerprint density at radius 2 is 0.861 bits per heavy atom. The van der Waals surface area contributed by atoms with E-state index in [2.05, 4.69) is 209 Å². The maximum Gasteiger partial charge on any atom is 0.252 e. The van der Waals surface area contributed by atoms with Crippen LogP contribution in [-0.4, -0.2) is 12.3 Å². The van der Waals surface area contributed by atoms with Gasteiger partial charge in [0, 0.05) is 50.9 Å². The summed E-state index contributed by atoms with van der Waals surface area (Å²) in [5, 5.41) is 0. The third-order valence-electron chi connectivity index (χ3n) is 21.4. The maximum absolute atomic E-state index is 2.81. The number of hydrogen-bond acceptors (Lipinski definition) is 3. The fourth-order valence-electron chi connectivity index (χ4n) is 16.7. The minimum absolute atomic E-state index is 0.0481. The molecule has 0 radical (unpaired) electrons. The molecule has 0 amide bonds. The Bertz CT molecular complexity index is 3400. The van der Waals surface area contributed by atoms with Crippen LogP contribution < -0.4 is 31.1 Å². The molecule has 14 rings (SSSR count). The molecule has 2 atom stereocenters. The molecule has 0 saturated heterocycles. The normalized spacial score (nSPS) is 26.0. The first kappa shape index (κ1) is 45.4. The second-order valence-electron chi connectivity index (χ2n) is 29.4. The van der Waals surface area contributed by atoms with Gasteiger partial charge in [-0.25, -0.2) is 0 Å². The molecule has 3 aliphatic heterocycles. The number of para-hydroxylation sites is 1. The smallest absolute Gasteiger partial charge is 0.252 e. The van der Waals surface area contributed by atoms with E-state index >= 15 is 0 Å². The highest BCUT2D eigenvalue weighted by molar-refractivity contribution is 7.00. The summed E-state index contributed by atoms with van der Waals surface area (Å²) in [4.78, 5) is 8.37. The van der Waals surface area contributed by atoms with Gasteiger partial charge in [0.1, 0.15) is 0 Å². The number of fused-ring (bicyclic) bond motifs is 11. The van der Waals surface area contributed by atoms with E-state index in [9.17, 15) is 0 Å². The quantitative estimate of drug-likeness (QED) is 0.163. The highest BCUT2D eigenvalue weighted by Gasteiger charge is 2.63. The molecule has 0 N–H and O–H groups in total. The van der Waals surface area contributed by atoms with Gasteiger partial charge < -0.3 is 14.7 Å². The molecule has 0 aromatic heterocycles. The van der Waals surface area contributed by atoms with E-state index in [0.717, 1.165) is 25.7 Å². The summed E-state index contributed by atoms with van der Waals surface area (Å²) in [5.74, 6) is 0. The van der Waals surface area contributed by atoms with Crippen LogP contribution in [-0.2, 0) is 52.8 Å². The monoisotopic (exact) mass is 948 g/mol. The fourth-order valence-corrected chi connectivity index (χ4v) is 16.7. The second kappa shape index (κ2) is 13.9. The summed E-state index contributed by atoms with van der Waals surface area (Å²) >= 11 is 0. The second-order valence-corrected chi connectivity index (χ2v) is 29.4. The van der Waals surface area contributed by atoms with Crippen LogP contribution in [0.5, 0.6) is 0 Å². The summed E-state index contributed by atoms with van der Waals surface area (Å²) in [5.41, 5.74) is 29.7. The van der Waals surface area contributed by atoms with Crippen molar-refractivity contribution in [1.29, 1.82) is 0 Å². The predicted octanol–water partition coefficient (Wildman–Crippen LogP) is 15.7. The number of rotatable bonds is 3. The van der Waals surface area contributed by atoms with Crippen molar-refractivity contribution >= 4 is 68.6 Å². The zero-order chi connectivity index (χ0) is 50.2. The minimum Gasteiger partial charge on any atom is -0.334 e. The first-order valence-electron chi connectivity index (χ1n) is 28.1. The Hall–Kier alpha value is -5.22. The van der Waals surface area contributed by atoms with Gasteiger partial charge in [-0.05, 0) is 225 Å². The average molecular weight is 948 g/mol. The van der Waals surface area contributed by atoms with Crippen molar-refractivity contribution in [3.05, 3.63) is 147 Å². The van der Waals surface area contributed by atoms with Gasteiger partial charge in [0.25, 0.3) is 6.71 Å². The van der Waals surface area contributed by atoms with Gasteiger partial charge in [0.05, 0.1) is 5.54 Å². The molecule has 3 heterocycles. The lowest BCUT2D eigenvalue weighted by Crippen LogP contribution is -2.62. The van der Waals surface area contributed by atoms with Crippen LogP contribution in [0.25, 0.3) is 0 Å². The molecule has 72 heavy (non-hydrogen) atoms. The number of anilines is 8. The third kappa shape index (κ3) is 5.99. The van der Waals surface area contributed by atoms with Crippen LogP contribution in [0.2, 0.25) is 0 Å². The van der Waals surface area contributed by atoms with Crippen LogP contribution in [0, 0.1) is 10.8 Å². The molecule has 6 aromatic rings. The largest absolute Gasteiger partial charge is 0.334 e. The minimum atomic E-state index is -0.0481. The standard InChI is InChI=1S/C68H78BN3/c1-61(2)37-41-19-20-45(29-42(41)38-61)70-56-31-44-40-62(3,4)39-43(44)30-53(56)69-54-35-51-52(66(11,12)26-25-65(51,9)10)36-57(54)71(46-21-22-48-50(32-46)64(7,8)24-23-63(48,5)6)59-34-47(33-58(70)60(59)69)72-55-18-16-15-17-49(55)67(13)27-28-68(67,72)14/h15-22,29-36H,23-28,37-40H2,1-14H3. The molecule has 0 bridgehead atoms. The van der Waals surface area contributed by atoms with Gasteiger partial charge in [-0.15, -0.1) is 0 Å². The lowest BCUT2D eigenvalue weighted by atomic mass is 9.33. The van der Waals surface area contributed by atoms with Gasteiger partial charge in [0.2, 0.25) is 0 Å². The van der Waals surface area contributed by atoms with E-state index in [0.29, 0.717) is 0 Å². The van der Waals surface area contributed by atoms with Crippen molar-refractivity contribution in [2.75, 3.05) is 14.7 Å². The molecular weight excluding hydrogens is 870 g/mol. The number of hydrogen-bond donors (Lipinski definition) is 0. The topological polar surface area (TPSA) is 9.72 Å². The average Bonchev–Trinajstić information content (AvgIpc) is 3.85. The van der Waals surface area contributed by atoms with Gasteiger partial charge in [-0.2, -0.15) is 0 Å². The van der Waals surface area contributed by atoms with E-state index in [1.807, 2.05) is 0 Å².